The Morgan fingerprint density at radius 1 is 1.04 bits per heavy atom. The number of halogens is 1. The van der Waals surface area contributed by atoms with Gasteiger partial charge in [0.1, 0.15) is 35.3 Å². The van der Waals surface area contributed by atoms with Crippen molar-refractivity contribution in [3.05, 3.63) is 65.0 Å². The van der Waals surface area contributed by atoms with Gasteiger partial charge in [-0.3, -0.25) is 19.2 Å². The number of ether oxygens (including phenoxy) is 1. The zero-order valence-corrected chi connectivity index (χ0v) is 31.1. The molecule has 1 aliphatic rings. The van der Waals surface area contributed by atoms with Gasteiger partial charge in [0, 0.05) is 46.4 Å². The molecule has 0 aliphatic carbocycles. The van der Waals surface area contributed by atoms with Crippen molar-refractivity contribution < 1.29 is 38.2 Å². The molecule has 13 heteroatoms. The number of alkyl carbamates (subject to hydrolysis) is 1. The highest BCUT2D eigenvalue weighted by Crippen LogP contribution is 2.31. The van der Waals surface area contributed by atoms with Crippen molar-refractivity contribution in [3.8, 4) is 5.75 Å². The van der Waals surface area contributed by atoms with Crippen LogP contribution in [-0.2, 0) is 42.2 Å². The van der Waals surface area contributed by atoms with Gasteiger partial charge in [0.2, 0.25) is 23.6 Å². The lowest BCUT2D eigenvalue weighted by molar-refractivity contribution is -0.142. The molecule has 1 heterocycles. The van der Waals surface area contributed by atoms with Crippen LogP contribution in [0.3, 0.4) is 0 Å². The highest BCUT2D eigenvalue weighted by atomic mass is 19.1. The van der Waals surface area contributed by atoms with Gasteiger partial charge in [-0.25, -0.2) is 9.18 Å². The van der Waals surface area contributed by atoms with Crippen molar-refractivity contribution in [2.24, 2.45) is 0 Å². The average molecular weight is 712 g/mol. The van der Waals surface area contributed by atoms with E-state index in [4.69, 9.17) is 4.74 Å². The fourth-order valence-electron chi connectivity index (χ4n) is 5.85. The van der Waals surface area contributed by atoms with E-state index < -0.39 is 58.8 Å². The Bertz CT molecular complexity index is 1550. The number of nitrogens with zero attached hydrogens (tertiary/aromatic N) is 2. The molecular weight excluding hydrogens is 657 g/mol. The fraction of sp³-hybridized carbons (Fsp3) is 0.553. The number of likely N-dealkylation sites (N-methyl/N-ethyl adjacent to an activating group) is 2. The number of phenolic OH excluding ortho intramolecular Hbond substituents is 1. The molecular formula is C38H54FN5O7. The van der Waals surface area contributed by atoms with Gasteiger partial charge in [0.15, 0.2) is 0 Å². The largest absolute Gasteiger partial charge is 0.508 e. The normalized spacial score (nSPS) is 18.9. The smallest absolute Gasteiger partial charge is 0.408 e. The van der Waals surface area contributed by atoms with Crippen molar-refractivity contribution >= 4 is 29.7 Å². The minimum Gasteiger partial charge on any atom is -0.508 e. The van der Waals surface area contributed by atoms with Gasteiger partial charge in [-0.2, -0.15) is 0 Å². The molecule has 0 bridgehead atoms. The lowest BCUT2D eigenvalue weighted by Gasteiger charge is -2.33. The molecule has 2 unspecified atom stereocenters. The quantitative estimate of drug-likeness (QED) is 0.339. The third-order valence-electron chi connectivity index (χ3n) is 8.66. The van der Waals surface area contributed by atoms with Crippen LogP contribution in [0.1, 0.15) is 83.9 Å². The van der Waals surface area contributed by atoms with Crippen molar-refractivity contribution in [1.29, 1.82) is 0 Å². The van der Waals surface area contributed by atoms with Gasteiger partial charge in [-0.05, 0) is 80.3 Å². The summed E-state index contributed by atoms with van der Waals surface area (Å²) in [5.41, 5.74) is 0.706. The number of rotatable bonds is 7. The Morgan fingerprint density at radius 2 is 1.69 bits per heavy atom. The zero-order chi connectivity index (χ0) is 38.1. The highest BCUT2D eigenvalue weighted by Gasteiger charge is 2.35. The van der Waals surface area contributed by atoms with Crippen LogP contribution < -0.4 is 16.0 Å². The van der Waals surface area contributed by atoms with Crippen LogP contribution in [0.2, 0.25) is 0 Å². The summed E-state index contributed by atoms with van der Waals surface area (Å²) in [5.74, 6) is -2.12. The van der Waals surface area contributed by atoms with Crippen LogP contribution in [0.25, 0.3) is 0 Å². The number of phenols is 1. The Balaban J connectivity index is 1.98. The molecule has 0 aromatic heterocycles. The minimum atomic E-state index is -1.17. The van der Waals surface area contributed by atoms with Gasteiger partial charge in [-0.15, -0.1) is 0 Å². The van der Waals surface area contributed by atoms with Crippen LogP contribution in [0.4, 0.5) is 9.18 Å². The molecule has 0 radical (unpaired) electrons. The van der Waals surface area contributed by atoms with Crippen molar-refractivity contribution in [3.63, 3.8) is 0 Å². The summed E-state index contributed by atoms with van der Waals surface area (Å²) in [5, 5.41) is 18.9. The van der Waals surface area contributed by atoms with Crippen LogP contribution in [0.5, 0.6) is 5.75 Å². The van der Waals surface area contributed by atoms with Crippen molar-refractivity contribution in [2.75, 3.05) is 27.2 Å². The zero-order valence-electron chi connectivity index (χ0n) is 31.1. The van der Waals surface area contributed by atoms with E-state index in [0.717, 1.165) is 0 Å². The third kappa shape index (κ3) is 12.6. The van der Waals surface area contributed by atoms with E-state index in [1.807, 2.05) is 26.8 Å². The predicted molar refractivity (Wildman–Crippen MR) is 191 cm³/mol. The second-order valence-electron chi connectivity index (χ2n) is 15.2. The first kappa shape index (κ1) is 40.7. The number of aromatic hydroxyl groups is 1. The Hall–Kier alpha value is -4.68. The van der Waals surface area contributed by atoms with Crippen LogP contribution in [-0.4, -0.2) is 95.5 Å². The maximum Gasteiger partial charge on any atom is 0.408 e. The number of benzene rings is 2. The molecule has 5 amide bonds. The summed E-state index contributed by atoms with van der Waals surface area (Å²) >= 11 is 0. The van der Waals surface area contributed by atoms with Crippen molar-refractivity contribution in [2.45, 2.75) is 109 Å². The van der Waals surface area contributed by atoms with Crippen LogP contribution in [0, 0.1) is 5.82 Å². The van der Waals surface area contributed by atoms with E-state index in [2.05, 4.69) is 16.0 Å². The van der Waals surface area contributed by atoms with E-state index in [0.29, 0.717) is 36.1 Å². The summed E-state index contributed by atoms with van der Waals surface area (Å²) in [6.45, 7) is 11.4. The summed E-state index contributed by atoms with van der Waals surface area (Å²) in [6.07, 6.45) is 0.533. The molecule has 2 aromatic carbocycles. The SMILES string of the molecule is CN1CCC(=O)NCCCCC(N(C)C(=O)[C@H](Cc2ccc(F)cc2)NC(=O)OC(C)(C)C)C(=O)NC(Cc2ccc(O)c(C(C)(C)C)c2)C1=O. The number of amides is 5. The number of hydrogen-bond acceptors (Lipinski definition) is 7. The molecule has 3 atom stereocenters. The van der Waals surface area contributed by atoms with Gasteiger partial charge >= 0.3 is 6.09 Å². The van der Waals surface area contributed by atoms with Gasteiger partial charge in [-0.1, -0.05) is 45.0 Å². The number of carbonyl (C=O) groups is 5. The van der Waals surface area contributed by atoms with E-state index in [1.54, 1.807) is 40.0 Å². The lowest BCUT2D eigenvalue weighted by atomic mass is 9.84. The molecule has 0 saturated carbocycles. The number of nitrogens with one attached hydrogen (secondary N) is 3. The van der Waals surface area contributed by atoms with E-state index in [9.17, 15) is 33.5 Å². The summed E-state index contributed by atoms with van der Waals surface area (Å²) in [7, 11) is 3.03. The molecule has 280 valence electrons. The maximum atomic E-state index is 14.2. The van der Waals surface area contributed by atoms with E-state index in [1.165, 1.54) is 41.1 Å². The molecule has 0 spiro atoms. The van der Waals surface area contributed by atoms with E-state index >= 15 is 0 Å². The van der Waals surface area contributed by atoms with Gasteiger partial charge in [0.05, 0.1) is 0 Å². The molecule has 3 rings (SSSR count). The van der Waals surface area contributed by atoms with Crippen LogP contribution >= 0.6 is 0 Å². The first-order chi connectivity index (χ1) is 23.7. The molecule has 1 saturated heterocycles. The van der Waals surface area contributed by atoms with Crippen LogP contribution in [0.15, 0.2) is 42.5 Å². The predicted octanol–water partition coefficient (Wildman–Crippen LogP) is 3.97. The molecule has 12 nitrogen and oxygen atoms in total. The topological polar surface area (TPSA) is 157 Å². The Labute approximate surface area is 300 Å². The fourth-order valence-corrected chi connectivity index (χ4v) is 5.85. The summed E-state index contributed by atoms with van der Waals surface area (Å²) in [6, 6.07) is 7.30. The number of hydrogen-bond donors (Lipinski definition) is 4. The second-order valence-corrected chi connectivity index (χ2v) is 15.2. The second kappa shape index (κ2) is 17.5. The highest BCUT2D eigenvalue weighted by molar-refractivity contribution is 5.94. The standard InChI is InChI=1S/C38H54FN5O7/c1-37(2,3)27-21-25(14-17-31(27)45)23-28-34(48)43(7)20-18-32(46)40-19-10-9-11-30(33(47)41-28)44(8)35(49)29(42-36(50)51-38(4,5)6)22-24-12-15-26(39)16-13-24/h12-17,21,28-30,45H,9-11,18-20,22-23H2,1-8H3,(H,40,46)(H,41,47)(H,42,50)/t28?,29-,30?/m0/s1. The molecule has 51 heavy (non-hydrogen) atoms. The molecule has 1 fully saturated rings. The first-order valence-corrected chi connectivity index (χ1v) is 17.4. The van der Waals surface area contributed by atoms with Gasteiger partial charge in [0.25, 0.3) is 0 Å². The average Bonchev–Trinajstić information content (AvgIpc) is 3.03. The summed E-state index contributed by atoms with van der Waals surface area (Å²) < 4.78 is 19.1. The Kier molecular flexibility index (Phi) is 14.0. The number of carbonyl (C=O) groups excluding carboxylic acids is 5. The third-order valence-corrected chi connectivity index (χ3v) is 8.66. The van der Waals surface area contributed by atoms with Gasteiger partial charge < -0.3 is 35.6 Å². The lowest BCUT2D eigenvalue weighted by Crippen LogP contribution is -2.58. The van der Waals surface area contributed by atoms with E-state index in [-0.39, 0.29) is 43.9 Å². The Morgan fingerprint density at radius 3 is 2.31 bits per heavy atom. The monoisotopic (exact) mass is 711 g/mol. The molecule has 2 aromatic rings. The molecule has 4 N–H and O–H groups in total. The first-order valence-electron chi connectivity index (χ1n) is 17.4. The van der Waals surface area contributed by atoms with Crippen molar-refractivity contribution in [1.82, 2.24) is 25.8 Å². The summed E-state index contributed by atoms with van der Waals surface area (Å²) in [4.78, 5) is 70.3. The molecule has 1 aliphatic heterocycles. The maximum absolute atomic E-state index is 14.2. The minimum absolute atomic E-state index is 0.00800.